The van der Waals surface area contributed by atoms with E-state index in [9.17, 15) is 23.1 Å². The van der Waals surface area contributed by atoms with Crippen molar-refractivity contribution in [2.24, 2.45) is 0 Å². The third-order valence-corrected chi connectivity index (χ3v) is 4.41. The first kappa shape index (κ1) is 19.6. The normalized spacial score (nSPS) is 13.4. The average Bonchev–Trinajstić information content (AvgIpc) is 2.83. The van der Waals surface area contributed by atoms with Crippen LogP contribution in [-0.2, 0) is 16.1 Å². The van der Waals surface area contributed by atoms with Gasteiger partial charge < -0.3 is 18.8 Å². The van der Waals surface area contributed by atoms with Gasteiger partial charge in [-0.25, -0.2) is 9.11 Å². The van der Waals surface area contributed by atoms with Crippen LogP contribution in [0.4, 0.5) is 4.39 Å². The number of halogens is 2. The molecule has 0 saturated heterocycles. The summed E-state index contributed by atoms with van der Waals surface area (Å²) in [6, 6.07) is 5.36. The molecule has 0 saturated carbocycles. The highest BCUT2D eigenvalue weighted by Gasteiger charge is 2.28. The van der Waals surface area contributed by atoms with Gasteiger partial charge in [0, 0.05) is 30.3 Å². The zero-order chi connectivity index (χ0) is 18.6. The molecule has 2 aromatic rings. The van der Waals surface area contributed by atoms with E-state index in [0.717, 1.165) is 13.0 Å². The van der Waals surface area contributed by atoms with E-state index in [-0.39, 0.29) is 35.8 Å². The summed E-state index contributed by atoms with van der Waals surface area (Å²) in [6.45, 7) is 1.24. The van der Waals surface area contributed by atoms with Gasteiger partial charge in [0.1, 0.15) is 5.82 Å². The first-order valence-corrected chi connectivity index (χ1v) is 9.05. The van der Waals surface area contributed by atoms with Crippen LogP contribution < -0.4 is 9.46 Å². The van der Waals surface area contributed by atoms with E-state index >= 15 is 0 Å². The summed E-state index contributed by atoms with van der Waals surface area (Å²) >= 11 is 0.888. The third-order valence-electron chi connectivity index (χ3n) is 3.10. The molecule has 1 aromatic carbocycles. The SMILES string of the molecule is CC(=O)Oc1c(C(Br)CCNS(=O)[O-])oc(-c2cccc(F)c2)c1O. The highest BCUT2D eigenvalue weighted by atomic mass is 79.9. The van der Waals surface area contributed by atoms with Crippen LogP contribution in [0.2, 0.25) is 0 Å². The molecular weight excluding hydrogens is 421 g/mol. The van der Waals surface area contributed by atoms with Gasteiger partial charge in [-0.1, -0.05) is 28.1 Å². The van der Waals surface area contributed by atoms with E-state index in [1.54, 1.807) is 0 Å². The Bertz CT molecular complexity index is 796. The maximum Gasteiger partial charge on any atom is 0.308 e. The Hall–Kier alpha value is -1.75. The predicted octanol–water partition coefficient (Wildman–Crippen LogP) is 2.93. The zero-order valence-electron chi connectivity index (χ0n) is 13.0. The molecule has 0 radical (unpaired) electrons. The summed E-state index contributed by atoms with van der Waals surface area (Å²) in [5.41, 5.74) is 0.260. The van der Waals surface area contributed by atoms with Crippen molar-refractivity contribution in [3.63, 3.8) is 0 Å². The van der Waals surface area contributed by atoms with Gasteiger partial charge in [-0.05, 0) is 18.6 Å². The molecule has 25 heavy (non-hydrogen) atoms. The number of carbonyl (C=O) groups is 1. The standard InChI is InChI=1S/C15H15BrFNO6S/c1-8(19)23-15-12(20)13(9-3-2-4-10(17)7-9)24-14(15)11(16)5-6-18-25(21)22/h2-4,7,11,18,20H,5-6H2,1H3,(H,21,22)/p-1. The van der Waals surface area contributed by atoms with Gasteiger partial charge in [-0.15, -0.1) is 0 Å². The molecule has 0 aliphatic carbocycles. The molecule has 136 valence electrons. The van der Waals surface area contributed by atoms with Crippen molar-refractivity contribution in [1.82, 2.24) is 4.72 Å². The molecule has 10 heteroatoms. The number of aromatic hydroxyl groups is 1. The average molecular weight is 435 g/mol. The Morgan fingerprint density at radius 2 is 2.28 bits per heavy atom. The molecule has 2 N–H and O–H groups in total. The summed E-state index contributed by atoms with van der Waals surface area (Å²) in [7, 11) is 0. The maximum atomic E-state index is 13.4. The van der Waals surface area contributed by atoms with Crippen LogP contribution in [0.3, 0.4) is 0 Å². The van der Waals surface area contributed by atoms with Crippen LogP contribution >= 0.6 is 15.9 Å². The summed E-state index contributed by atoms with van der Waals surface area (Å²) in [4.78, 5) is 10.7. The number of furan rings is 1. The Morgan fingerprint density at radius 3 is 2.88 bits per heavy atom. The van der Waals surface area contributed by atoms with Crippen LogP contribution in [0.1, 0.15) is 23.9 Å². The topological polar surface area (TPSA) is 112 Å². The molecule has 0 amide bonds. The largest absolute Gasteiger partial charge is 0.760 e. The lowest BCUT2D eigenvalue weighted by Gasteiger charge is -2.11. The second kappa shape index (κ2) is 8.56. The minimum atomic E-state index is -2.41. The van der Waals surface area contributed by atoms with Gasteiger partial charge in [-0.2, -0.15) is 0 Å². The number of rotatable bonds is 7. The van der Waals surface area contributed by atoms with E-state index in [0.29, 0.717) is 0 Å². The number of esters is 1. The first-order valence-electron chi connectivity index (χ1n) is 7.06. The van der Waals surface area contributed by atoms with E-state index in [1.165, 1.54) is 18.2 Å². The van der Waals surface area contributed by atoms with Crippen molar-refractivity contribution in [2.45, 2.75) is 18.2 Å². The van der Waals surface area contributed by atoms with Gasteiger partial charge in [0.2, 0.25) is 11.5 Å². The minimum Gasteiger partial charge on any atom is -0.760 e. The number of hydrogen-bond donors (Lipinski definition) is 2. The lowest BCUT2D eigenvalue weighted by molar-refractivity contribution is -0.132. The Morgan fingerprint density at radius 1 is 1.56 bits per heavy atom. The highest BCUT2D eigenvalue weighted by Crippen LogP contribution is 2.48. The zero-order valence-corrected chi connectivity index (χ0v) is 15.4. The van der Waals surface area contributed by atoms with E-state index in [4.69, 9.17) is 9.15 Å². The van der Waals surface area contributed by atoms with Crippen LogP contribution in [-0.4, -0.2) is 26.4 Å². The maximum absolute atomic E-state index is 13.4. The van der Waals surface area contributed by atoms with Crippen molar-refractivity contribution < 1.29 is 32.2 Å². The number of benzene rings is 1. The monoisotopic (exact) mass is 434 g/mol. The van der Waals surface area contributed by atoms with Crippen LogP contribution in [0.15, 0.2) is 28.7 Å². The van der Waals surface area contributed by atoms with Crippen molar-refractivity contribution in [1.29, 1.82) is 0 Å². The fourth-order valence-electron chi connectivity index (χ4n) is 2.10. The van der Waals surface area contributed by atoms with Crippen molar-refractivity contribution in [3.05, 3.63) is 35.8 Å². The summed E-state index contributed by atoms with van der Waals surface area (Å²) in [6.07, 6.45) is 0.248. The Labute approximate surface area is 153 Å². The Balaban J connectivity index is 2.38. The summed E-state index contributed by atoms with van der Waals surface area (Å²) < 4.78 is 47.2. The number of nitrogens with one attached hydrogen (secondary N) is 1. The highest BCUT2D eigenvalue weighted by molar-refractivity contribution is 9.09. The van der Waals surface area contributed by atoms with E-state index < -0.39 is 33.6 Å². The molecule has 0 aliphatic rings. The van der Waals surface area contributed by atoms with Gasteiger partial charge in [0.15, 0.2) is 11.5 Å². The van der Waals surface area contributed by atoms with Gasteiger partial charge >= 0.3 is 5.97 Å². The molecule has 2 atom stereocenters. The number of hydrogen-bond acceptors (Lipinski definition) is 6. The van der Waals surface area contributed by atoms with Crippen molar-refractivity contribution >= 4 is 33.2 Å². The van der Waals surface area contributed by atoms with Crippen LogP contribution in [0.25, 0.3) is 11.3 Å². The molecule has 2 unspecified atom stereocenters. The summed E-state index contributed by atoms with van der Waals surface area (Å²) in [5.74, 6) is -1.82. The smallest absolute Gasteiger partial charge is 0.308 e. The molecule has 0 spiro atoms. The van der Waals surface area contributed by atoms with Gasteiger partial charge in [-0.3, -0.25) is 9.00 Å². The quantitative estimate of drug-likeness (QED) is 0.393. The molecule has 0 bridgehead atoms. The molecule has 0 aliphatic heterocycles. The molecule has 1 heterocycles. The van der Waals surface area contributed by atoms with Crippen LogP contribution in [0.5, 0.6) is 11.5 Å². The predicted molar refractivity (Wildman–Crippen MR) is 90.3 cm³/mol. The van der Waals surface area contributed by atoms with Gasteiger partial charge in [0.25, 0.3) is 0 Å². The van der Waals surface area contributed by atoms with Crippen LogP contribution in [0, 0.1) is 5.82 Å². The van der Waals surface area contributed by atoms with E-state index in [2.05, 4.69) is 20.7 Å². The molecule has 2 rings (SSSR count). The minimum absolute atomic E-state index is 0.0597. The second-order valence-electron chi connectivity index (χ2n) is 4.96. The van der Waals surface area contributed by atoms with Gasteiger partial charge in [0.05, 0.1) is 4.83 Å². The lowest BCUT2D eigenvalue weighted by Crippen LogP contribution is -2.18. The lowest BCUT2D eigenvalue weighted by atomic mass is 10.1. The number of ether oxygens (including phenoxy) is 1. The summed E-state index contributed by atoms with van der Waals surface area (Å²) in [5, 5.41) is 10.3. The molecular formula is C15H14BrFNO6S-. The first-order chi connectivity index (χ1) is 11.8. The van der Waals surface area contributed by atoms with E-state index in [1.807, 2.05) is 0 Å². The van der Waals surface area contributed by atoms with Crippen molar-refractivity contribution in [3.8, 4) is 22.8 Å². The number of carbonyl (C=O) groups excluding carboxylic acids is 1. The molecule has 1 aromatic heterocycles. The fraction of sp³-hybridized carbons (Fsp3) is 0.267. The fourth-order valence-corrected chi connectivity index (χ4v) is 2.91. The number of alkyl halides is 1. The Kier molecular flexibility index (Phi) is 6.71. The molecule has 0 fully saturated rings. The second-order valence-corrected chi connectivity index (χ2v) is 6.83. The molecule has 7 nitrogen and oxygen atoms in total. The third kappa shape index (κ3) is 5.11. The van der Waals surface area contributed by atoms with Crippen molar-refractivity contribution in [2.75, 3.05) is 6.54 Å².